The van der Waals surface area contributed by atoms with Crippen molar-refractivity contribution in [1.29, 1.82) is 0 Å². The molecular weight excluding hydrogens is 232 g/mol. The van der Waals surface area contributed by atoms with Gasteiger partial charge in [-0.2, -0.15) is 0 Å². The van der Waals surface area contributed by atoms with Crippen molar-refractivity contribution in [3.8, 4) is 11.1 Å². The Labute approximate surface area is 115 Å². The summed E-state index contributed by atoms with van der Waals surface area (Å²) in [5.74, 6) is 0.274. The predicted octanol–water partition coefficient (Wildman–Crippen LogP) is 4.51. The van der Waals surface area contributed by atoms with Gasteiger partial charge in [0, 0.05) is 11.8 Å². The second-order valence-corrected chi connectivity index (χ2v) is 5.87. The van der Waals surface area contributed by atoms with E-state index in [1.165, 1.54) is 5.56 Å². The Morgan fingerprint density at radius 2 is 1.47 bits per heavy atom. The molecule has 0 fully saturated rings. The van der Waals surface area contributed by atoms with E-state index in [2.05, 4.69) is 18.2 Å². The molecule has 0 saturated heterocycles. The van der Waals surface area contributed by atoms with Crippen LogP contribution in [0, 0.1) is 5.41 Å². The van der Waals surface area contributed by atoms with Gasteiger partial charge in [0.15, 0.2) is 0 Å². The molecule has 0 aliphatic carbocycles. The molecule has 0 aliphatic heterocycles. The van der Waals surface area contributed by atoms with Gasteiger partial charge in [-0.3, -0.25) is 4.79 Å². The van der Waals surface area contributed by atoms with E-state index in [-0.39, 0.29) is 11.2 Å². The Morgan fingerprint density at radius 1 is 0.895 bits per heavy atom. The van der Waals surface area contributed by atoms with Crippen LogP contribution in [0.15, 0.2) is 54.6 Å². The number of hydrogen-bond acceptors (Lipinski definition) is 1. The molecular formula is C18H20O. The van der Waals surface area contributed by atoms with Crippen molar-refractivity contribution in [2.75, 3.05) is 0 Å². The number of Topliss-reactive ketones (excluding diaryl/α,β-unsaturated/α-hetero) is 1. The van der Waals surface area contributed by atoms with Crippen molar-refractivity contribution in [3.05, 3.63) is 60.2 Å². The minimum Gasteiger partial charge on any atom is -0.299 e. The molecule has 0 aromatic heterocycles. The van der Waals surface area contributed by atoms with Crippen molar-refractivity contribution in [3.63, 3.8) is 0 Å². The smallest absolute Gasteiger partial charge is 0.142 e. The topological polar surface area (TPSA) is 17.1 Å². The molecule has 0 radical (unpaired) electrons. The van der Waals surface area contributed by atoms with Crippen LogP contribution in [0.1, 0.15) is 26.3 Å². The second kappa shape index (κ2) is 5.40. The fraction of sp³-hybridized carbons (Fsp3) is 0.278. The van der Waals surface area contributed by atoms with Crippen LogP contribution in [0.2, 0.25) is 0 Å². The highest BCUT2D eigenvalue weighted by molar-refractivity contribution is 5.87. The number of rotatable bonds is 3. The molecule has 2 rings (SSSR count). The average molecular weight is 252 g/mol. The number of hydrogen-bond donors (Lipinski definition) is 0. The first kappa shape index (κ1) is 13.5. The summed E-state index contributed by atoms with van der Waals surface area (Å²) >= 11 is 0. The molecule has 0 unspecified atom stereocenters. The fourth-order valence-electron chi connectivity index (χ4n) is 2.01. The Kier molecular flexibility index (Phi) is 3.84. The zero-order chi connectivity index (χ0) is 13.9. The standard InChI is InChI=1S/C18H20O/c1-18(2,3)17(19)13-15-11-7-8-12-16(15)14-9-5-4-6-10-14/h4-12H,13H2,1-3H3. The Balaban J connectivity index is 2.35. The van der Waals surface area contributed by atoms with Gasteiger partial charge in [-0.05, 0) is 16.7 Å². The van der Waals surface area contributed by atoms with E-state index in [1.54, 1.807) is 0 Å². The minimum atomic E-state index is -0.288. The lowest BCUT2D eigenvalue weighted by Crippen LogP contribution is -2.22. The van der Waals surface area contributed by atoms with Gasteiger partial charge >= 0.3 is 0 Å². The maximum atomic E-state index is 12.2. The summed E-state index contributed by atoms with van der Waals surface area (Å²) in [6.45, 7) is 5.92. The second-order valence-electron chi connectivity index (χ2n) is 5.87. The molecule has 0 bridgehead atoms. The van der Waals surface area contributed by atoms with Crippen LogP contribution in [0.5, 0.6) is 0 Å². The molecule has 0 heterocycles. The highest BCUT2D eigenvalue weighted by Crippen LogP contribution is 2.26. The van der Waals surface area contributed by atoms with Gasteiger partial charge in [-0.1, -0.05) is 75.4 Å². The summed E-state index contributed by atoms with van der Waals surface area (Å²) in [7, 11) is 0. The van der Waals surface area contributed by atoms with Crippen molar-refractivity contribution in [2.24, 2.45) is 5.41 Å². The SMILES string of the molecule is CC(C)(C)C(=O)Cc1ccccc1-c1ccccc1. The first-order valence-electron chi connectivity index (χ1n) is 6.65. The summed E-state index contributed by atoms with van der Waals surface area (Å²) in [5.41, 5.74) is 3.14. The first-order valence-corrected chi connectivity index (χ1v) is 6.65. The predicted molar refractivity (Wildman–Crippen MR) is 80.0 cm³/mol. The van der Waals surface area contributed by atoms with Gasteiger partial charge in [-0.25, -0.2) is 0 Å². The largest absolute Gasteiger partial charge is 0.299 e. The summed E-state index contributed by atoms with van der Waals surface area (Å²) in [6, 6.07) is 18.4. The highest BCUT2D eigenvalue weighted by Gasteiger charge is 2.22. The monoisotopic (exact) mass is 252 g/mol. The summed E-state index contributed by atoms with van der Waals surface area (Å²) in [5, 5.41) is 0. The summed E-state index contributed by atoms with van der Waals surface area (Å²) in [6.07, 6.45) is 0.495. The van der Waals surface area contributed by atoms with Gasteiger partial charge in [0.1, 0.15) is 5.78 Å². The zero-order valence-corrected chi connectivity index (χ0v) is 11.8. The van der Waals surface area contributed by atoms with E-state index in [9.17, 15) is 4.79 Å². The normalized spacial score (nSPS) is 11.3. The van der Waals surface area contributed by atoms with Crippen LogP contribution >= 0.6 is 0 Å². The van der Waals surface area contributed by atoms with Gasteiger partial charge in [0.25, 0.3) is 0 Å². The molecule has 0 spiro atoms. The van der Waals surface area contributed by atoms with Gasteiger partial charge in [0.05, 0.1) is 0 Å². The molecule has 2 aromatic rings. The third-order valence-corrected chi connectivity index (χ3v) is 3.29. The third kappa shape index (κ3) is 3.31. The van der Waals surface area contributed by atoms with Crippen LogP contribution < -0.4 is 0 Å². The molecule has 0 saturated carbocycles. The minimum absolute atomic E-state index is 0.274. The number of carbonyl (C=O) groups is 1. The molecule has 0 amide bonds. The number of ketones is 1. The Bertz CT molecular complexity index is 562. The van der Waals surface area contributed by atoms with Crippen LogP contribution in [0.4, 0.5) is 0 Å². The Morgan fingerprint density at radius 3 is 2.11 bits per heavy atom. The molecule has 19 heavy (non-hydrogen) atoms. The summed E-state index contributed by atoms with van der Waals surface area (Å²) < 4.78 is 0. The van der Waals surface area contributed by atoms with Crippen molar-refractivity contribution >= 4 is 5.78 Å². The van der Waals surface area contributed by atoms with E-state index in [1.807, 2.05) is 57.2 Å². The van der Waals surface area contributed by atoms with Crippen LogP contribution in [-0.2, 0) is 11.2 Å². The molecule has 98 valence electrons. The van der Waals surface area contributed by atoms with Crippen LogP contribution in [0.3, 0.4) is 0 Å². The van der Waals surface area contributed by atoms with Crippen molar-refractivity contribution in [2.45, 2.75) is 27.2 Å². The Hall–Kier alpha value is -1.89. The lowest BCUT2D eigenvalue weighted by atomic mass is 9.85. The van der Waals surface area contributed by atoms with E-state index < -0.39 is 0 Å². The quantitative estimate of drug-likeness (QED) is 0.785. The van der Waals surface area contributed by atoms with Gasteiger partial charge < -0.3 is 0 Å². The van der Waals surface area contributed by atoms with Crippen molar-refractivity contribution in [1.82, 2.24) is 0 Å². The lowest BCUT2D eigenvalue weighted by Gasteiger charge is -2.18. The van der Waals surface area contributed by atoms with Crippen molar-refractivity contribution < 1.29 is 4.79 Å². The van der Waals surface area contributed by atoms with Crippen LogP contribution in [-0.4, -0.2) is 5.78 Å². The summed E-state index contributed by atoms with van der Waals surface area (Å²) in [4.78, 5) is 12.2. The molecule has 0 atom stereocenters. The van der Waals surface area contributed by atoms with Gasteiger partial charge in [0.2, 0.25) is 0 Å². The first-order chi connectivity index (χ1) is 8.98. The number of carbonyl (C=O) groups excluding carboxylic acids is 1. The van der Waals surface area contributed by atoms with E-state index in [4.69, 9.17) is 0 Å². The lowest BCUT2D eigenvalue weighted by molar-refractivity contribution is -0.125. The average Bonchev–Trinajstić information content (AvgIpc) is 2.39. The fourth-order valence-corrected chi connectivity index (χ4v) is 2.01. The highest BCUT2D eigenvalue weighted by atomic mass is 16.1. The molecule has 1 heteroatoms. The van der Waals surface area contributed by atoms with E-state index in [0.717, 1.165) is 11.1 Å². The maximum Gasteiger partial charge on any atom is 0.142 e. The molecule has 1 nitrogen and oxygen atoms in total. The van der Waals surface area contributed by atoms with E-state index in [0.29, 0.717) is 6.42 Å². The molecule has 0 aliphatic rings. The number of benzene rings is 2. The van der Waals surface area contributed by atoms with E-state index >= 15 is 0 Å². The third-order valence-electron chi connectivity index (χ3n) is 3.29. The molecule has 0 N–H and O–H groups in total. The maximum absolute atomic E-state index is 12.2. The molecule has 2 aromatic carbocycles. The van der Waals surface area contributed by atoms with Crippen LogP contribution in [0.25, 0.3) is 11.1 Å². The zero-order valence-electron chi connectivity index (χ0n) is 11.8. The van der Waals surface area contributed by atoms with Gasteiger partial charge in [-0.15, -0.1) is 0 Å².